The summed E-state index contributed by atoms with van der Waals surface area (Å²) in [5.41, 5.74) is 0.225. The van der Waals surface area contributed by atoms with Crippen LogP contribution in [0.1, 0.15) is 46.5 Å². The molecular formula is C15H31N3O. The molecule has 1 amide bonds. The zero-order valence-corrected chi connectivity index (χ0v) is 12.9. The van der Waals surface area contributed by atoms with E-state index in [4.69, 9.17) is 0 Å². The molecule has 0 bridgehead atoms. The SMILES string of the molecule is CCCC(C)(C)CNC(=O)CCCN1CCNCC1. The molecule has 0 atom stereocenters. The summed E-state index contributed by atoms with van der Waals surface area (Å²) in [6.07, 6.45) is 3.96. The minimum absolute atomic E-state index is 0.208. The molecular weight excluding hydrogens is 238 g/mol. The quantitative estimate of drug-likeness (QED) is 0.704. The van der Waals surface area contributed by atoms with Crippen molar-refractivity contribution < 1.29 is 4.79 Å². The van der Waals surface area contributed by atoms with Crippen LogP contribution in [0, 0.1) is 5.41 Å². The van der Waals surface area contributed by atoms with Crippen molar-refractivity contribution in [1.29, 1.82) is 0 Å². The Balaban J connectivity index is 2.07. The molecule has 0 aliphatic carbocycles. The lowest BCUT2D eigenvalue weighted by atomic mass is 9.88. The molecule has 1 aliphatic heterocycles. The van der Waals surface area contributed by atoms with E-state index in [1.54, 1.807) is 0 Å². The first-order valence-electron chi connectivity index (χ1n) is 7.73. The predicted octanol–water partition coefficient (Wildman–Crippen LogP) is 1.61. The van der Waals surface area contributed by atoms with Gasteiger partial charge in [-0.05, 0) is 24.8 Å². The van der Waals surface area contributed by atoms with E-state index in [1.807, 2.05) is 0 Å². The Morgan fingerprint density at radius 2 is 2.00 bits per heavy atom. The average molecular weight is 269 g/mol. The minimum atomic E-state index is 0.208. The minimum Gasteiger partial charge on any atom is -0.356 e. The molecule has 1 rings (SSSR count). The molecule has 112 valence electrons. The lowest BCUT2D eigenvalue weighted by Crippen LogP contribution is -2.44. The average Bonchev–Trinajstić information content (AvgIpc) is 2.38. The van der Waals surface area contributed by atoms with Crippen LogP contribution in [-0.2, 0) is 4.79 Å². The summed E-state index contributed by atoms with van der Waals surface area (Å²) in [5, 5.41) is 6.42. The lowest BCUT2D eigenvalue weighted by molar-refractivity contribution is -0.121. The van der Waals surface area contributed by atoms with E-state index in [0.29, 0.717) is 6.42 Å². The number of carbonyl (C=O) groups excluding carboxylic acids is 1. The van der Waals surface area contributed by atoms with Crippen molar-refractivity contribution >= 4 is 5.91 Å². The van der Waals surface area contributed by atoms with Crippen molar-refractivity contribution in [1.82, 2.24) is 15.5 Å². The highest BCUT2D eigenvalue weighted by molar-refractivity contribution is 5.75. The van der Waals surface area contributed by atoms with E-state index in [1.165, 1.54) is 6.42 Å². The standard InChI is InChI=1S/C15H31N3O/c1-4-7-15(2,3)13-17-14(19)6-5-10-18-11-8-16-9-12-18/h16H,4-13H2,1-3H3,(H,17,19). The number of piperazine rings is 1. The molecule has 0 spiro atoms. The molecule has 0 unspecified atom stereocenters. The summed E-state index contributed by atoms with van der Waals surface area (Å²) < 4.78 is 0. The lowest BCUT2D eigenvalue weighted by Gasteiger charge is -2.27. The van der Waals surface area contributed by atoms with Gasteiger partial charge in [-0.2, -0.15) is 0 Å². The van der Waals surface area contributed by atoms with Gasteiger partial charge in [0.2, 0.25) is 5.91 Å². The number of rotatable bonds is 8. The van der Waals surface area contributed by atoms with Crippen LogP contribution in [0.4, 0.5) is 0 Å². The predicted molar refractivity (Wildman–Crippen MR) is 80.2 cm³/mol. The highest BCUT2D eigenvalue weighted by atomic mass is 16.1. The van der Waals surface area contributed by atoms with Crippen LogP contribution in [0.2, 0.25) is 0 Å². The molecule has 4 heteroatoms. The second-order valence-electron chi connectivity index (χ2n) is 6.39. The molecule has 0 saturated carbocycles. The van der Waals surface area contributed by atoms with Crippen LogP contribution >= 0.6 is 0 Å². The Morgan fingerprint density at radius 1 is 1.32 bits per heavy atom. The molecule has 19 heavy (non-hydrogen) atoms. The third kappa shape index (κ3) is 7.53. The molecule has 1 saturated heterocycles. The second-order valence-corrected chi connectivity index (χ2v) is 6.39. The van der Waals surface area contributed by atoms with E-state index < -0.39 is 0 Å². The Labute approximate surface area is 118 Å². The maximum atomic E-state index is 11.8. The fourth-order valence-electron chi connectivity index (χ4n) is 2.59. The normalized spacial score (nSPS) is 17.4. The third-order valence-corrected chi connectivity index (χ3v) is 3.78. The van der Waals surface area contributed by atoms with Crippen molar-refractivity contribution in [2.75, 3.05) is 39.3 Å². The first-order valence-corrected chi connectivity index (χ1v) is 7.73. The van der Waals surface area contributed by atoms with Crippen molar-refractivity contribution in [2.45, 2.75) is 46.5 Å². The Bertz CT molecular complexity index is 260. The van der Waals surface area contributed by atoms with Gasteiger partial charge in [0.25, 0.3) is 0 Å². The smallest absolute Gasteiger partial charge is 0.220 e. The first-order chi connectivity index (χ1) is 9.03. The molecule has 0 aromatic heterocycles. The van der Waals surface area contributed by atoms with Crippen molar-refractivity contribution in [3.63, 3.8) is 0 Å². The van der Waals surface area contributed by atoms with Gasteiger partial charge in [0, 0.05) is 39.1 Å². The zero-order valence-electron chi connectivity index (χ0n) is 12.9. The Morgan fingerprint density at radius 3 is 2.63 bits per heavy atom. The van der Waals surface area contributed by atoms with Crippen LogP contribution in [0.3, 0.4) is 0 Å². The van der Waals surface area contributed by atoms with Gasteiger partial charge >= 0.3 is 0 Å². The molecule has 1 aliphatic rings. The molecule has 0 aromatic carbocycles. The molecule has 2 N–H and O–H groups in total. The maximum absolute atomic E-state index is 11.8. The van der Waals surface area contributed by atoms with Gasteiger partial charge in [-0.3, -0.25) is 4.79 Å². The highest BCUT2D eigenvalue weighted by Crippen LogP contribution is 2.20. The zero-order chi connectivity index (χ0) is 14.1. The fraction of sp³-hybridized carbons (Fsp3) is 0.933. The molecule has 0 radical (unpaired) electrons. The summed E-state index contributed by atoms with van der Waals surface area (Å²) in [6, 6.07) is 0. The van der Waals surface area contributed by atoms with E-state index in [2.05, 4.69) is 36.3 Å². The van der Waals surface area contributed by atoms with E-state index in [-0.39, 0.29) is 11.3 Å². The van der Waals surface area contributed by atoms with Crippen LogP contribution in [0.5, 0.6) is 0 Å². The molecule has 0 aromatic rings. The van der Waals surface area contributed by atoms with Gasteiger partial charge < -0.3 is 15.5 Å². The van der Waals surface area contributed by atoms with Gasteiger partial charge in [-0.25, -0.2) is 0 Å². The Kier molecular flexibility index (Phi) is 7.39. The highest BCUT2D eigenvalue weighted by Gasteiger charge is 2.17. The molecule has 1 heterocycles. The summed E-state index contributed by atoms with van der Waals surface area (Å²) in [5.74, 6) is 0.208. The summed E-state index contributed by atoms with van der Waals surface area (Å²) in [7, 11) is 0. The summed E-state index contributed by atoms with van der Waals surface area (Å²) >= 11 is 0. The second kappa shape index (κ2) is 8.54. The number of hydrogen-bond acceptors (Lipinski definition) is 3. The largest absolute Gasteiger partial charge is 0.356 e. The summed E-state index contributed by atoms with van der Waals surface area (Å²) in [4.78, 5) is 14.2. The van der Waals surface area contributed by atoms with Crippen molar-refractivity contribution in [3.8, 4) is 0 Å². The topological polar surface area (TPSA) is 44.4 Å². The molecule has 4 nitrogen and oxygen atoms in total. The first kappa shape index (κ1) is 16.4. The van der Waals surface area contributed by atoms with E-state index in [0.717, 1.165) is 52.1 Å². The summed E-state index contributed by atoms with van der Waals surface area (Å²) in [6.45, 7) is 12.9. The van der Waals surface area contributed by atoms with Crippen molar-refractivity contribution in [2.24, 2.45) is 5.41 Å². The van der Waals surface area contributed by atoms with Gasteiger partial charge in [0.15, 0.2) is 0 Å². The van der Waals surface area contributed by atoms with Crippen LogP contribution in [0.15, 0.2) is 0 Å². The van der Waals surface area contributed by atoms with Gasteiger partial charge in [-0.1, -0.05) is 27.2 Å². The molecule has 1 fully saturated rings. The van der Waals surface area contributed by atoms with Gasteiger partial charge in [-0.15, -0.1) is 0 Å². The number of nitrogens with one attached hydrogen (secondary N) is 2. The van der Waals surface area contributed by atoms with Crippen LogP contribution in [0.25, 0.3) is 0 Å². The van der Waals surface area contributed by atoms with E-state index >= 15 is 0 Å². The van der Waals surface area contributed by atoms with Gasteiger partial charge in [0.05, 0.1) is 0 Å². The number of nitrogens with zero attached hydrogens (tertiary/aromatic N) is 1. The van der Waals surface area contributed by atoms with Crippen molar-refractivity contribution in [3.05, 3.63) is 0 Å². The maximum Gasteiger partial charge on any atom is 0.220 e. The van der Waals surface area contributed by atoms with Crippen LogP contribution < -0.4 is 10.6 Å². The Hall–Kier alpha value is -0.610. The van der Waals surface area contributed by atoms with E-state index in [9.17, 15) is 4.79 Å². The fourth-order valence-corrected chi connectivity index (χ4v) is 2.59. The van der Waals surface area contributed by atoms with Crippen LogP contribution in [-0.4, -0.2) is 50.1 Å². The number of amides is 1. The number of carbonyl (C=O) groups is 1. The third-order valence-electron chi connectivity index (χ3n) is 3.78. The monoisotopic (exact) mass is 269 g/mol. The van der Waals surface area contributed by atoms with Gasteiger partial charge in [0.1, 0.15) is 0 Å². The number of hydrogen-bond donors (Lipinski definition) is 2.